The van der Waals surface area contributed by atoms with Crippen LogP contribution in [0.1, 0.15) is 25.7 Å². The molecular weight excluding hydrogens is 230 g/mol. The van der Waals surface area contributed by atoms with E-state index in [-0.39, 0.29) is 19.0 Å². The Hall–Kier alpha value is -0.910. The van der Waals surface area contributed by atoms with Crippen molar-refractivity contribution < 1.29 is 18.7 Å². The molecule has 98 valence electrons. The van der Waals surface area contributed by atoms with Crippen molar-refractivity contribution in [1.82, 2.24) is 9.80 Å². The third-order valence-electron chi connectivity index (χ3n) is 3.67. The lowest BCUT2D eigenvalue weighted by molar-refractivity contribution is -0.0801. The molecule has 0 aliphatic carbocycles. The molecule has 2 saturated heterocycles. The maximum absolute atomic E-state index is 13.3. The molecule has 17 heavy (non-hydrogen) atoms. The molecule has 4 nitrogen and oxygen atoms in total. The normalized spacial score (nSPS) is 27.1. The minimum absolute atomic E-state index is 0.0164. The number of nitrogens with zero attached hydrogens (tertiary/aromatic N) is 2. The molecule has 2 fully saturated rings. The van der Waals surface area contributed by atoms with Gasteiger partial charge in [-0.05, 0) is 25.8 Å². The van der Waals surface area contributed by atoms with Gasteiger partial charge in [-0.3, -0.25) is 4.90 Å². The fourth-order valence-corrected chi connectivity index (χ4v) is 2.73. The summed E-state index contributed by atoms with van der Waals surface area (Å²) in [5.74, 6) is -2.57. The second-order valence-electron chi connectivity index (χ2n) is 4.93. The van der Waals surface area contributed by atoms with Gasteiger partial charge in [-0.2, -0.15) is 0 Å². The Labute approximate surface area is 99.2 Å². The highest BCUT2D eigenvalue weighted by molar-refractivity contribution is 5.65. The van der Waals surface area contributed by atoms with Gasteiger partial charge in [0.2, 0.25) is 0 Å². The van der Waals surface area contributed by atoms with E-state index in [9.17, 15) is 13.6 Å². The quantitative estimate of drug-likeness (QED) is 0.770. The number of carbonyl (C=O) groups is 1. The van der Waals surface area contributed by atoms with Gasteiger partial charge in [0.25, 0.3) is 5.92 Å². The van der Waals surface area contributed by atoms with Gasteiger partial charge in [0.15, 0.2) is 0 Å². The maximum Gasteiger partial charge on any atom is 0.407 e. The molecule has 2 aliphatic heterocycles. The van der Waals surface area contributed by atoms with E-state index in [2.05, 4.69) is 0 Å². The van der Waals surface area contributed by atoms with Crippen LogP contribution in [0.3, 0.4) is 0 Å². The van der Waals surface area contributed by atoms with Crippen molar-refractivity contribution in [2.45, 2.75) is 37.6 Å². The SMILES string of the molecule is O=C(O)N1CCC(N2CCCC(F)(F)C2)CC1. The Balaban J connectivity index is 1.86. The van der Waals surface area contributed by atoms with Gasteiger partial charge < -0.3 is 10.0 Å². The van der Waals surface area contributed by atoms with E-state index in [1.54, 1.807) is 0 Å². The first-order chi connectivity index (χ1) is 7.98. The van der Waals surface area contributed by atoms with Crippen molar-refractivity contribution in [3.05, 3.63) is 0 Å². The Morgan fingerprint density at radius 1 is 1.24 bits per heavy atom. The Morgan fingerprint density at radius 3 is 2.41 bits per heavy atom. The van der Waals surface area contributed by atoms with E-state index in [0.29, 0.717) is 38.9 Å². The Morgan fingerprint density at radius 2 is 1.88 bits per heavy atom. The summed E-state index contributed by atoms with van der Waals surface area (Å²) in [6, 6.07) is 0.122. The molecule has 2 heterocycles. The molecule has 2 aliphatic rings. The maximum atomic E-state index is 13.3. The number of piperidine rings is 2. The highest BCUT2D eigenvalue weighted by atomic mass is 19.3. The number of amides is 1. The predicted molar refractivity (Wildman–Crippen MR) is 58.4 cm³/mol. The summed E-state index contributed by atoms with van der Waals surface area (Å²) in [4.78, 5) is 13.9. The molecule has 6 heteroatoms. The molecule has 0 radical (unpaired) electrons. The largest absolute Gasteiger partial charge is 0.465 e. The van der Waals surface area contributed by atoms with Crippen LogP contribution < -0.4 is 0 Å². The summed E-state index contributed by atoms with van der Waals surface area (Å²) >= 11 is 0. The van der Waals surface area contributed by atoms with Crippen LogP contribution >= 0.6 is 0 Å². The number of likely N-dealkylation sites (tertiary alicyclic amines) is 2. The fraction of sp³-hybridized carbons (Fsp3) is 0.909. The average Bonchev–Trinajstić information content (AvgIpc) is 2.28. The van der Waals surface area contributed by atoms with Crippen molar-refractivity contribution in [3.63, 3.8) is 0 Å². The molecule has 2 rings (SSSR count). The molecule has 0 spiro atoms. The summed E-state index contributed by atoms with van der Waals surface area (Å²) < 4.78 is 26.5. The number of hydrogen-bond acceptors (Lipinski definition) is 2. The Kier molecular flexibility index (Phi) is 3.51. The topological polar surface area (TPSA) is 43.8 Å². The first-order valence-corrected chi connectivity index (χ1v) is 6.08. The minimum Gasteiger partial charge on any atom is -0.465 e. The number of rotatable bonds is 1. The average molecular weight is 248 g/mol. The zero-order valence-electron chi connectivity index (χ0n) is 9.74. The van der Waals surface area contributed by atoms with Gasteiger partial charge in [0.05, 0.1) is 6.54 Å². The molecule has 1 amide bonds. The van der Waals surface area contributed by atoms with Gasteiger partial charge in [-0.1, -0.05) is 0 Å². The number of hydrogen-bond donors (Lipinski definition) is 1. The van der Waals surface area contributed by atoms with Crippen molar-refractivity contribution in [1.29, 1.82) is 0 Å². The predicted octanol–water partition coefficient (Wildman–Crippen LogP) is 1.86. The number of halogens is 2. The van der Waals surface area contributed by atoms with Crippen molar-refractivity contribution >= 4 is 6.09 Å². The molecule has 0 aromatic rings. The van der Waals surface area contributed by atoms with E-state index < -0.39 is 12.0 Å². The molecule has 0 bridgehead atoms. The van der Waals surface area contributed by atoms with E-state index in [1.807, 2.05) is 4.90 Å². The van der Waals surface area contributed by atoms with Crippen LogP contribution in [-0.4, -0.2) is 59.1 Å². The van der Waals surface area contributed by atoms with Crippen LogP contribution in [0.4, 0.5) is 13.6 Å². The standard InChI is InChI=1S/C11H18F2N2O2/c12-11(13)4-1-5-15(8-11)9-2-6-14(7-3-9)10(16)17/h9H,1-8H2,(H,16,17). The number of alkyl halides is 2. The summed E-state index contributed by atoms with van der Waals surface area (Å²) in [6.07, 6.45) is 0.946. The zero-order valence-corrected chi connectivity index (χ0v) is 9.74. The second-order valence-corrected chi connectivity index (χ2v) is 4.93. The van der Waals surface area contributed by atoms with Gasteiger partial charge >= 0.3 is 6.09 Å². The van der Waals surface area contributed by atoms with Crippen LogP contribution in [0.2, 0.25) is 0 Å². The van der Waals surface area contributed by atoms with Gasteiger partial charge in [-0.25, -0.2) is 13.6 Å². The lowest BCUT2D eigenvalue weighted by atomic mass is 9.99. The second kappa shape index (κ2) is 4.76. The molecular formula is C11H18F2N2O2. The third kappa shape index (κ3) is 3.06. The van der Waals surface area contributed by atoms with Crippen LogP contribution in [0.15, 0.2) is 0 Å². The van der Waals surface area contributed by atoms with E-state index in [4.69, 9.17) is 5.11 Å². The summed E-state index contributed by atoms with van der Waals surface area (Å²) in [7, 11) is 0. The van der Waals surface area contributed by atoms with Crippen LogP contribution in [0, 0.1) is 0 Å². The fourth-order valence-electron chi connectivity index (χ4n) is 2.73. The van der Waals surface area contributed by atoms with E-state index in [0.717, 1.165) is 0 Å². The highest BCUT2D eigenvalue weighted by Gasteiger charge is 2.38. The van der Waals surface area contributed by atoms with E-state index in [1.165, 1.54) is 4.90 Å². The zero-order chi connectivity index (χ0) is 12.5. The first-order valence-electron chi connectivity index (χ1n) is 6.08. The smallest absolute Gasteiger partial charge is 0.407 e. The number of carboxylic acid groups (broad SMARTS) is 1. The Bertz CT molecular complexity index is 291. The highest BCUT2D eigenvalue weighted by Crippen LogP contribution is 2.29. The monoisotopic (exact) mass is 248 g/mol. The van der Waals surface area contributed by atoms with Crippen molar-refractivity contribution in [2.24, 2.45) is 0 Å². The first kappa shape index (κ1) is 12.5. The lowest BCUT2D eigenvalue weighted by Gasteiger charge is -2.41. The summed E-state index contributed by atoms with van der Waals surface area (Å²) in [5.41, 5.74) is 0. The van der Waals surface area contributed by atoms with E-state index >= 15 is 0 Å². The molecule has 1 N–H and O–H groups in total. The van der Waals surface area contributed by atoms with Crippen LogP contribution in [0.5, 0.6) is 0 Å². The van der Waals surface area contributed by atoms with Crippen molar-refractivity contribution in [2.75, 3.05) is 26.2 Å². The summed E-state index contributed by atoms with van der Waals surface area (Å²) in [6.45, 7) is 1.47. The van der Waals surface area contributed by atoms with Crippen LogP contribution in [0.25, 0.3) is 0 Å². The van der Waals surface area contributed by atoms with Gasteiger partial charge in [0.1, 0.15) is 0 Å². The third-order valence-corrected chi connectivity index (χ3v) is 3.67. The van der Waals surface area contributed by atoms with Gasteiger partial charge in [0, 0.05) is 25.6 Å². The molecule has 0 unspecified atom stereocenters. The minimum atomic E-state index is -2.57. The van der Waals surface area contributed by atoms with Crippen LogP contribution in [-0.2, 0) is 0 Å². The molecule has 0 saturated carbocycles. The molecule has 0 atom stereocenters. The molecule has 0 aromatic carbocycles. The lowest BCUT2D eigenvalue weighted by Crippen LogP contribution is -2.52. The van der Waals surface area contributed by atoms with Crippen molar-refractivity contribution in [3.8, 4) is 0 Å². The summed E-state index contributed by atoms with van der Waals surface area (Å²) in [5, 5.41) is 8.81. The van der Waals surface area contributed by atoms with Gasteiger partial charge in [-0.15, -0.1) is 0 Å². The molecule has 0 aromatic heterocycles.